The second-order valence-corrected chi connectivity index (χ2v) is 7.89. The lowest BCUT2D eigenvalue weighted by molar-refractivity contribution is -0.133. The number of hydrogen-bond acceptors (Lipinski definition) is 4. The van der Waals surface area contributed by atoms with Gasteiger partial charge in [0, 0.05) is 17.6 Å². The summed E-state index contributed by atoms with van der Waals surface area (Å²) in [6.07, 6.45) is 0. The molecular formula is C21H26ClN3O3. The van der Waals surface area contributed by atoms with Gasteiger partial charge >= 0.3 is 0 Å². The van der Waals surface area contributed by atoms with Gasteiger partial charge in [-0.25, -0.2) is 0 Å². The van der Waals surface area contributed by atoms with Crippen molar-refractivity contribution in [3.63, 3.8) is 0 Å². The van der Waals surface area contributed by atoms with E-state index in [9.17, 15) is 9.59 Å². The van der Waals surface area contributed by atoms with E-state index in [-0.39, 0.29) is 30.4 Å². The summed E-state index contributed by atoms with van der Waals surface area (Å²) in [4.78, 5) is 25.7. The molecule has 0 saturated carbocycles. The molecule has 28 heavy (non-hydrogen) atoms. The average molecular weight is 404 g/mol. The number of benzene rings is 2. The molecule has 0 atom stereocenters. The van der Waals surface area contributed by atoms with E-state index in [1.165, 1.54) is 4.90 Å². The Kier molecular flexibility index (Phi) is 7.29. The second kappa shape index (κ2) is 9.46. The fourth-order valence-corrected chi connectivity index (χ4v) is 2.58. The van der Waals surface area contributed by atoms with Crippen LogP contribution >= 0.6 is 11.6 Å². The van der Waals surface area contributed by atoms with Gasteiger partial charge in [0.05, 0.1) is 18.8 Å². The van der Waals surface area contributed by atoms with Gasteiger partial charge in [-0.1, -0.05) is 29.8 Å². The normalized spacial score (nSPS) is 10.9. The molecule has 2 N–H and O–H groups in total. The zero-order chi connectivity index (χ0) is 20.7. The molecule has 0 aliphatic heterocycles. The highest BCUT2D eigenvalue weighted by molar-refractivity contribution is 6.30. The van der Waals surface area contributed by atoms with Crippen molar-refractivity contribution >= 4 is 29.1 Å². The summed E-state index contributed by atoms with van der Waals surface area (Å²) in [6, 6.07) is 14.5. The summed E-state index contributed by atoms with van der Waals surface area (Å²) in [7, 11) is 1.59. The van der Waals surface area contributed by atoms with Crippen molar-refractivity contribution in [2.24, 2.45) is 0 Å². The van der Waals surface area contributed by atoms with Gasteiger partial charge in [0.25, 0.3) is 0 Å². The molecule has 0 aromatic heterocycles. The molecule has 0 spiro atoms. The van der Waals surface area contributed by atoms with Crippen molar-refractivity contribution < 1.29 is 14.3 Å². The first-order valence-electron chi connectivity index (χ1n) is 8.95. The van der Waals surface area contributed by atoms with Crippen LogP contribution in [0.5, 0.6) is 11.5 Å². The van der Waals surface area contributed by atoms with E-state index in [4.69, 9.17) is 16.3 Å². The Morgan fingerprint density at radius 1 is 1.11 bits per heavy atom. The molecule has 6 nitrogen and oxygen atoms in total. The highest BCUT2D eigenvalue weighted by atomic mass is 35.5. The number of carbonyl (C=O) groups excluding carboxylic acids is 2. The summed E-state index contributed by atoms with van der Waals surface area (Å²) in [5.41, 5.74) is 0.251. The maximum absolute atomic E-state index is 12.4. The lowest BCUT2D eigenvalue weighted by Crippen LogP contribution is -2.47. The fraction of sp³-hybridized carbons (Fsp3) is 0.333. The van der Waals surface area contributed by atoms with Gasteiger partial charge in [0.1, 0.15) is 5.75 Å². The molecule has 0 radical (unpaired) electrons. The van der Waals surface area contributed by atoms with Crippen LogP contribution in [0.3, 0.4) is 0 Å². The Morgan fingerprint density at radius 3 is 2.43 bits per heavy atom. The summed E-state index contributed by atoms with van der Waals surface area (Å²) in [5, 5.41) is 6.40. The number of hydrogen-bond donors (Lipinski definition) is 2. The van der Waals surface area contributed by atoms with Crippen molar-refractivity contribution in [2.45, 2.75) is 26.3 Å². The van der Waals surface area contributed by atoms with E-state index in [1.807, 2.05) is 51.1 Å². The number of anilines is 1. The molecule has 150 valence electrons. The number of para-hydroxylation sites is 1. The Labute approximate surface area is 170 Å². The van der Waals surface area contributed by atoms with Crippen LogP contribution in [0.4, 0.5) is 5.69 Å². The van der Waals surface area contributed by atoms with Crippen molar-refractivity contribution in [1.29, 1.82) is 0 Å². The summed E-state index contributed by atoms with van der Waals surface area (Å²) in [6.45, 7) is 5.66. The molecular weight excluding hydrogens is 378 g/mol. The van der Waals surface area contributed by atoms with E-state index in [2.05, 4.69) is 10.6 Å². The topological polar surface area (TPSA) is 70.7 Å². The number of halogens is 1. The molecule has 2 aromatic carbocycles. The first-order chi connectivity index (χ1) is 13.1. The van der Waals surface area contributed by atoms with Gasteiger partial charge in [-0.2, -0.15) is 0 Å². The molecule has 7 heteroatoms. The standard InChI is InChI=1S/C21H26ClN3O3/c1-21(2,3)24-19(26)14-25(4)20(27)13-23-17-12-15(22)10-11-18(17)28-16-8-6-5-7-9-16/h5-12,23H,13-14H2,1-4H3,(H,24,26). The SMILES string of the molecule is CN(CC(=O)NC(C)(C)C)C(=O)CNc1cc(Cl)ccc1Oc1ccccc1. The number of ether oxygens (including phenoxy) is 1. The molecule has 0 unspecified atom stereocenters. The maximum atomic E-state index is 12.4. The van der Waals surface area contributed by atoms with Crippen LogP contribution in [-0.4, -0.2) is 42.4 Å². The third-order valence-corrected chi connectivity index (χ3v) is 3.90. The molecule has 2 aromatic rings. The smallest absolute Gasteiger partial charge is 0.242 e. The fourth-order valence-electron chi connectivity index (χ4n) is 2.41. The van der Waals surface area contributed by atoms with Crippen LogP contribution in [0.25, 0.3) is 0 Å². The highest BCUT2D eigenvalue weighted by Gasteiger charge is 2.18. The minimum Gasteiger partial charge on any atom is -0.455 e. The van der Waals surface area contributed by atoms with E-state index < -0.39 is 0 Å². The summed E-state index contributed by atoms with van der Waals surface area (Å²) < 4.78 is 5.87. The molecule has 0 saturated heterocycles. The summed E-state index contributed by atoms with van der Waals surface area (Å²) >= 11 is 6.08. The lowest BCUT2D eigenvalue weighted by Gasteiger charge is -2.23. The predicted molar refractivity (Wildman–Crippen MR) is 112 cm³/mol. The largest absolute Gasteiger partial charge is 0.455 e. The highest BCUT2D eigenvalue weighted by Crippen LogP contribution is 2.31. The van der Waals surface area contributed by atoms with Gasteiger partial charge in [-0.3, -0.25) is 9.59 Å². The molecule has 0 heterocycles. The van der Waals surface area contributed by atoms with Gasteiger partial charge in [0.2, 0.25) is 11.8 Å². The predicted octanol–water partition coefficient (Wildman–Crippen LogP) is 3.92. The van der Waals surface area contributed by atoms with Gasteiger partial charge in [0.15, 0.2) is 5.75 Å². The average Bonchev–Trinajstić information content (AvgIpc) is 2.60. The van der Waals surface area contributed by atoms with Gasteiger partial charge in [-0.05, 0) is 51.1 Å². The monoisotopic (exact) mass is 403 g/mol. The Balaban J connectivity index is 1.98. The maximum Gasteiger partial charge on any atom is 0.242 e. The van der Waals surface area contributed by atoms with Gasteiger partial charge in [-0.15, -0.1) is 0 Å². The molecule has 0 bridgehead atoms. The number of likely N-dealkylation sites (N-methyl/N-ethyl adjacent to an activating group) is 1. The number of nitrogens with zero attached hydrogens (tertiary/aromatic N) is 1. The van der Waals surface area contributed by atoms with E-state index in [1.54, 1.807) is 25.2 Å². The summed E-state index contributed by atoms with van der Waals surface area (Å²) in [5.74, 6) is 0.792. The minimum atomic E-state index is -0.344. The van der Waals surface area contributed by atoms with Crippen LogP contribution < -0.4 is 15.4 Å². The molecule has 2 amide bonds. The third-order valence-electron chi connectivity index (χ3n) is 3.66. The molecule has 2 rings (SSSR count). The zero-order valence-corrected chi connectivity index (χ0v) is 17.3. The van der Waals surface area contributed by atoms with Crippen LogP contribution in [0.1, 0.15) is 20.8 Å². The number of rotatable bonds is 7. The van der Waals surface area contributed by atoms with E-state index in [0.29, 0.717) is 22.2 Å². The number of amides is 2. The minimum absolute atomic E-state index is 0.00475. The third kappa shape index (κ3) is 7.12. The van der Waals surface area contributed by atoms with Crippen molar-refractivity contribution in [3.8, 4) is 11.5 Å². The van der Waals surface area contributed by atoms with Crippen LogP contribution in [0.2, 0.25) is 5.02 Å². The van der Waals surface area contributed by atoms with Crippen LogP contribution in [-0.2, 0) is 9.59 Å². The number of nitrogens with one attached hydrogen (secondary N) is 2. The Morgan fingerprint density at radius 2 is 1.79 bits per heavy atom. The molecule has 0 aliphatic carbocycles. The van der Waals surface area contributed by atoms with Crippen molar-refractivity contribution in [3.05, 3.63) is 53.6 Å². The second-order valence-electron chi connectivity index (χ2n) is 7.46. The first-order valence-corrected chi connectivity index (χ1v) is 9.33. The van der Waals surface area contributed by atoms with Crippen molar-refractivity contribution in [2.75, 3.05) is 25.5 Å². The van der Waals surface area contributed by atoms with E-state index in [0.717, 1.165) is 0 Å². The van der Waals surface area contributed by atoms with Crippen LogP contribution in [0, 0.1) is 0 Å². The Hall–Kier alpha value is -2.73. The lowest BCUT2D eigenvalue weighted by atomic mass is 10.1. The first kappa shape index (κ1) is 21.6. The molecule has 0 aliphatic rings. The van der Waals surface area contributed by atoms with Gasteiger partial charge < -0.3 is 20.3 Å². The van der Waals surface area contributed by atoms with E-state index >= 15 is 0 Å². The quantitative estimate of drug-likeness (QED) is 0.735. The Bertz CT molecular complexity index is 819. The zero-order valence-electron chi connectivity index (χ0n) is 16.6. The number of carbonyl (C=O) groups is 2. The van der Waals surface area contributed by atoms with Crippen molar-refractivity contribution in [1.82, 2.24) is 10.2 Å². The van der Waals surface area contributed by atoms with Crippen LogP contribution in [0.15, 0.2) is 48.5 Å². The molecule has 0 fully saturated rings.